The van der Waals surface area contributed by atoms with Crippen LogP contribution < -0.4 is 26.0 Å². The number of amides is 6. The predicted molar refractivity (Wildman–Crippen MR) is 245 cm³/mol. The van der Waals surface area contributed by atoms with Crippen LogP contribution >= 0.6 is 0 Å². The number of ether oxygens (including phenoxy) is 3. The number of fused-ring (bicyclic) bond motifs is 1. The Kier molecular flexibility index (Phi) is 14.2. The molecule has 6 rings (SSSR count). The third kappa shape index (κ3) is 11.3. The summed E-state index contributed by atoms with van der Waals surface area (Å²) in [5, 5.41) is 12.1. The van der Waals surface area contributed by atoms with Crippen LogP contribution in [0.5, 0.6) is 5.75 Å². The van der Waals surface area contributed by atoms with Gasteiger partial charge in [-0.3, -0.25) is 14.4 Å². The number of aromatic nitrogens is 1. The highest BCUT2D eigenvalue weighted by Crippen LogP contribution is 2.40. The summed E-state index contributed by atoms with van der Waals surface area (Å²) in [6.45, 7) is 14.6. The second-order valence-corrected chi connectivity index (χ2v) is 18.3. The number of nitrogens with zero attached hydrogens (tertiary/aromatic N) is 2. The summed E-state index contributed by atoms with van der Waals surface area (Å²) in [6.07, 6.45) is 1.22. The number of rotatable bonds is 12. The molecule has 3 heterocycles. The van der Waals surface area contributed by atoms with Crippen molar-refractivity contribution in [3.63, 3.8) is 0 Å². The molecule has 4 atom stereocenters. The monoisotopic (exact) mass is 879 g/mol. The molecular formula is C48H61N7O9. The number of Topliss-reactive ketones (excluding diaryl/α,β-unsaturated/α-hetero) is 1. The molecule has 3 aromatic carbocycles. The molecule has 0 bridgehead atoms. The molecule has 16 nitrogen and oxygen atoms in total. The Hall–Kier alpha value is -6.58. The molecule has 1 unspecified atom stereocenters. The molecule has 0 radical (unpaired) electrons. The van der Waals surface area contributed by atoms with Crippen molar-refractivity contribution in [2.24, 2.45) is 0 Å². The summed E-state index contributed by atoms with van der Waals surface area (Å²) >= 11 is 0. The fourth-order valence-electron chi connectivity index (χ4n) is 8.14. The van der Waals surface area contributed by atoms with Gasteiger partial charge in [-0.05, 0) is 134 Å². The number of carbonyl (C=O) groups is 6. The number of likely N-dealkylation sites (tertiary alicyclic amines) is 2. The zero-order valence-corrected chi connectivity index (χ0v) is 38.2. The number of methoxy groups -OCH3 is 1. The number of benzene rings is 3. The topological polar surface area (TPSA) is 200 Å². The second-order valence-electron chi connectivity index (χ2n) is 18.3. The smallest absolute Gasteiger partial charge is 0.408 e. The summed E-state index contributed by atoms with van der Waals surface area (Å²) < 4.78 is 16.1. The van der Waals surface area contributed by atoms with Crippen LogP contribution in [0.1, 0.15) is 87.5 Å². The first kappa shape index (κ1) is 46.9. The van der Waals surface area contributed by atoms with Crippen molar-refractivity contribution in [2.75, 3.05) is 30.8 Å². The SMILES string of the molecule is CC[C@@H](NC(=O)OC(C)(C)C)C(=O)C1CCCN1C(=O)Nc1ccc2[nH]c(-c3ccc(NC(=O)[C@@H]4CCCN4C(=O)[C@@H](C)NC(=O)OC(C)(C)C)cc3)c(-c3ccc(OC)cc3)c2c1. The number of anilines is 2. The summed E-state index contributed by atoms with van der Waals surface area (Å²) in [5.41, 5.74) is 3.82. The number of urea groups is 1. The number of H-pyrrole nitrogens is 1. The molecule has 5 N–H and O–H groups in total. The van der Waals surface area contributed by atoms with Crippen LogP contribution in [-0.2, 0) is 23.9 Å². The molecule has 1 aromatic heterocycles. The van der Waals surface area contributed by atoms with Gasteiger partial charge in [0.05, 0.1) is 24.9 Å². The van der Waals surface area contributed by atoms with Crippen LogP contribution in [0.3, 0.4) is 0 Å². The van der Waals surface area contributed by atoms with Gasteiger partial charge in [-0.2, -0.15) is 0 Å². The van der Waals surface area contributed by atoms with Crippen molar-refractivity contribution in [3.8, 4) is 28.1 Å². The minimum atomic E-state index is -0.880. The standard InChI is InChI=1S/C48H61N7O9/c1-10-35(53-46(61)64-48(6,7)8)41(56)37-13-11-26-55(37)44(59)51-32-21-24-36-34(27-32)39(29-17-22-33(62-9)23-18-29)40(52-36)30-15-19-31(20-16-30)50-42(57)38-14-12-25-54(38)43(58)28(2)49-45(60)63-47(3,4)5/h15-24,27-28,35,37-38,52H,10-14,25-26H2,1-9H3,(H,49,60)(H,50,57)(H,51,59)(H,53,61)/t28-,35-,37?,38+/m1/s1. The van der Waals surface area contributed by atoms with Gasteiger partial charge in [-0.1, -0.05) is 31.2 Å². The van der Waals surface area contributed by atoms with Gasteiger partial charge in [0.15, 0.2) is 5.78 Å². The van der Waals surface area contributed by atoms with Gasteiger partial charge in [0.2, 0.25) is 11.8 Å². The number of carbonyl (C=O) groups excluding carboxylic acids is 6. The number of hydrogen-bond donors (Lipinski definition) is 5. The van der Waals surface area contributed by atoms with Crippen LogP contribution in [0.25, 0.3) is 33.3 Å². The molecule has 2 saturated heterocycles. The predicted octanol–water partition coefficient (Wildman–Crippen LogP) is 8.22. The molecule has 6 amide bonds. The second kappa shape index (κ2) is 19.4. The molecule has 342 valence electrons. The Labute approximate surface area is 374 Å². The van der Waals surface area contributed by atoms with Gasteiger partial charge in [0, 0.05) is 40.9 Å². The highest BCUT2D eigenvalue weighted by molar-refractivity contribution is 6.07. The lowest BCUT2D eigenvalue weighted by Gasteiger charge is -2.28. The minimum Gasteiger partial charge on any atom is -0.497 e. The Morgan fingerprint density at radius 2 is 1.31 bits per heavy atom. The summed E-state index contributed by atoms with van der Waals surface area (Å²) in [5.74, 6) is -0.240. The average Bonchev–Trinajstić information content (AvgIpc) is 4.01. The van der Waals surface area contributed by atoms with E-state index in [1.165, 1.54) is 9.80 Å². The average molecular weight is 880 g/mol. The lowest BCUT2D eigenvalue weighted by Crippen LogP contribution is -2.52. The molecule has 0 aliphatic carbocycles. The van der Waals surface area contributed by atoms with Crippen LogP contribution in [0.2, 0.25) is 0 Å². The molecule has 16 heteroatoms. The van der Waals surface area contributed by atoms with Crippen LogP contribution in [0, 0.1) is 0 Å². The quantitative estimate of drug-likeness (QED) is 0.0930. The van der Waals surface area contributed by atoms with E-state index in [4.69, 9.17) is 14.2 Å². The van der Waals surface area contributed by atoms with E-state index < -0.39 is 53.6 Å². The van der Waals surface area contributed by atoms with Crippen LogP contribution in [0.15, 0.2) is 66.7 Å². The molecule has 4 aromatic rings. The first-order valence-corrected chi connectivity index (χ1v) is 21.9. The number of nitrogens with one attached hydrogen (secondary N) is 5. The van der Waals surface area contributed by atoms with Gasteiger partial charge in [0.1, 0.15) is 29.0 Å². The molecule has 2 fully saturated rings. The highest BCUT2D eigenvalue weighted by Gasteiger charge is 2.39. The zero-order chi connectivity index (χ0) is 46.5. The van der Waals surface area contributed by atoms with E-state index in [9.17, 15) is 28.8 Å². The molecule has 2 aliphatic heterocycles. The van der Waals surface area contributed by atoms with E-state index >= 15 is 0 Å². The lowest BCUT2D eigenvalue weighted by atomic mass is 9.98. The Morgan fingerprint density at radius 3 is 1.92 bits per heavy atom. The van der Waals surface area contributed by atoms with E-state index in [0.717, 1.165) is 33.3 Å². The van der Waals surface area contributed by atoms with Gasteiger partial charge in [-0.15, -0.1) is 0 Å². The van der Waals surface area contributed by atoms with Crippen molar-refractivity contribution >= 4 is 58.1 Å². The maximum atomic E-state index is 13.9. The molecular weight excluding hydrogens is 819 g/mol. The Balaban J connectivity index is 1.20. The van der Waals surface area contributed by atoms with E-state index in [1.807, 2.05) is 48.5 Å². The van der Waals surface area contributed by atoms with E-state index in [2.05, 4.69) is 26.3 Å². The van der Waals surface area contributed by atoms with Gasteiger partial charge >= 0.3 is 18.2 Å². The van der Waals surface area contributed by atoms with Crippen LogP contribution in [-0.4, -0.2) is 106 Å². The molecule has 2 aliphatic rings. The lowest BCUT2D eigenvalue weighted by molar-refractivity contribution is -0.138. The molecule has 64 heavy (non-hydrogen) atoms. The normalized spacial score (nSPS) is 17.3. The number of alkyl carbamates (subject to hydrolysis) is 2. The van der Waals surface area contributed by atoms with Gasteiger partial charge in [0.25, 0.3) is 0 Å². The van der Waals surface area contributed by atoms with Crippen molar-refractivity contribution in [1.29, 1.82) is 0 Å². The first-order valence-electron chi connectivity index (χ1n) is 21.9. The first-order chi connectivity index (χ1) is 30.2. The summed E-state index contributed by atoms with van der Waals surface area (Å²) in [6, 6.07) is 17.1. The number of ketones is 1. The van der Waals surface area contributed by atoms with Crippen molar-refractivity contribution < 1.29 is 43.0 Å². The van der Waals surface area contributed by atoms with Gasteiger partial charge < -0.3 is 50.3 Å². The maximum Gasteiger partial charge on any atom is 0.408 e. The Morgan fingerprint density at radius 1 is 0.734 bits per heavy atom. The fourth-order valence-corrected chi connectivity index (χ4v) is 8.14. The van der Waals surface area contributed by atoms with E-state index in [-0.39, 0.29) is 17.6 Å². The number of hydrogen-bond acceptors (Lipinski definition) is 9. The zero-order valence-electron chi connectivity index (χ0n) is 38.2. The van der Waals surface area contributed by atoms with Gasteiger partial charge in [-0.25, -0.2) is 14.4 Å². The van der Waals surface area contributed by atoms with E-state index in [1.54, 1.807) is 80.7 Å². The van der Waals surface area contributed by atoms with E-state index in [0.29, 0.717) is 62.3 Å². The number of aromatic amines is 1. The third-order valence-electron chi connectivity index (χ3n) is 11.1. The summed E-state index contributed by atoms with van der Waals surface area (Å²) in [7, 11) is 1.60. The van der Waals surface area contributed by atoms with Crippen molar-refractivity contribution in [2.45, 2.75) is 123 Å². The minimum absolute atomic E-state index is 0.242. The molecule has 0 spiro atoms. The molecule has 0 saturated carbocycles. The van der Waals surface area contributed by atoms with Crippen molar-refractivity contribution in [1.82, 2.24) is 25.4 Å². The van der Waals surface area contributed by atoms with Crippen molar-refractivity contribution in [3.05, 3.63) is 66.7 Å². The van der Waals surface area contributed by atoms with Crippen LogP contribution in [0.4, 0.5) is 25.8 Å². The highest BCUT2D eigenvalue weighted by atomic mass is 16.6. The maximum absolute atomic E-state index is 13.9. The third-order valence-corrected chi connectivity index (χ3v) is 11.1. The summed E-state index contributed by atoms with van der Waals surface area (Å²) in [4.78, 5) is 86.0. The fraction of sp³-hybridized carbons (Fsp3) is 0.458. The Bertz CT molecular complexity index is 2360. The largest absolute Gasteiger partial charge is 0.497 e.